The number of rotatable bonds is 7. The zero-order valence-corrected chi connectivity index (χ0v) is 25.6. The molecule has 0 bridgehead atoms. The Bertz CT molecular complexity index is 1720. The number of methoxy groups -OCH3 is 1. The van der Waals surface area contributed by atoms with Gasteiger partial charge in [0.1, 0.15) is 34.3 Å². The standard InChI is InChI=1S/C30H25BrClF2N3O3.CH3NO/c1-14-13-40-29-19(14)9-25(37-28(29)20-8-22(32)24(34)10-23(20)33)21(15-3-4-15)12-36-30(38)17-5-16-6-18(31)11-35-27(16)26(7-17)39-2;2-1-3/h5-11,14-15,21H,3-4,12-13H2,1-2H3,(H,36,38);1H,(H2,2,3). The molecule has 12 heteroatoms. The largest absolute Gasteiger partial charge is 0.494 e. The highest BCUT2D eigenvalue weighted by atomic mass is 79.9. The van der Waals surface area contributed by atoms with Crippen LogP contribution in [0.4, 0.5) is 8.78 Å². The molecule has 1 fully saturated rings. The molecule has 224 valence electrons. The molecule has 3 N–H and O–H groups in total. The van der Waals surface area contributed by atoms with Gasteiger partial charge in [0.05, 0.1) is 18.7 Å². The van der Waals surface area contributed by atoms with Gasteiger partial charge in [0.2, 0.25) is 6.41 Å². The first kappa shape index (κ1) is 30.6. The minimum atomic E-state index is -0.836. The van der Waals surface area contributed by atoms with Crippen LogP contribution in [0, 0.1) is 17.6 Å². The van der Waals surface area contributed by atoms with E-state index in [1.165, 1.54) is 6.07 Å². The zero-order valence-electron chi connectivity index (χ0n) is 23.3. The lowest BCUT2D eigenvalue weighted by Crippen LogP contribution is -2.29. The van der Waals surface area contributed by atoms with Crippen molar-refractivity contribution in [2.75, 3.05) is 20.3 Å². The van der Waals surface area contributed by atoms with Gasteiger partial charge in [-0.15, -0.1) is 0 Å². The van der Waals surface area contributed by atoms with Gasteiger partial charge in [0.25, 0.3) is 5.91 Å². The van der Waals surface area contributed by atoms with E-state index in [1.807, 2.05) is 19.1 Å². The summed E-state index contributed by atoms with van der Waals surface area (Å²) in [7, 11) is 1.54. The maximum Gasteiger partial charge on any atom is 0.251 e. The molecule has 2 atom stereocenters. The lowest BCUT2D eigenvalue weighted by molar-refractivity contribution is -0.106. The zero-order chi connectivity index (χ0) is 30.8. The van der Waals surface area contributed by atoms with Crippen LogP contribution in [-0.2, 0) is 4.79 Å². The van der Waals surface area contributed by atoms with Crippen molar-refractivity contribution >= 4 is 50.8 Å². The summed E-state index contributed by atoms with van der Waals surface area (Å²) in [5.41, 5.74) is 7.31. The van der Waals surface area contributed by atoms with Crippen LogP contribution in [0.2, 0.25) is 5.02 Å². The third-order valence-electron chi connectivity index (χ3n) is 7.55. The number of benzene rings is 2. The molecule has 2 aromatic carbocycles. The van der Waals surface area contributed by atoms with E-state index in [4.69, 9.17) is 30.9 Å². The van der Waals surface area contributed by atoms with Crippen molar-refractivity contribution in [3.63, 3.8) is 0 Å². The number of primary amides is 1. The summed E-state index contributed by atoms with van der Waals surface area (Å²) in [5.74, 6) is -0.562. The SMILES string of the molecule is COc1cc(C(=O)NCC(c2cc3c(c(-c4cc(Cl)c(F)cc4F)n2)OCC3C)C2CC2)cc2cc(Br)cnc12.NC=O. The Morgan fingerprint density at radius 3 is 2.67 bits per heavy atom. The Labute approximate surface area is 260 Å². The molecule has 1 aliphatic carbocycles. The van der Waals surface area contributed by atoms with Gasteiger partial charge in [-0.05, 0) is 65.0 Å². The second-order valence-electron chi connectivity index (χ2n) is 10.5. The van der Waals surface area contributed by atoms with Crippen molar-refractivity contribution in [3.05, 3.63) is 80.5 Å². The number of nitrogens with zero attached hydrogens (tertiary/aromatic N) is 2. The summed E-state index contributed by atoms with van der Waals surface area (Å²) in [6, 6.07) is 9.35. The van der Waals surface area contributed by atoms with Crippen LogP contribution in [-0.4, -0.2) is 42.5 Å². The lowest BCUT2D eigenvalue weighted by atomic mass is 9.93. The average molecular weight is 674 g/mol. The van der Waals surface area contributed by atoms with E-state index < -0.39 is 11.6 Å². The smallest absolute Gasteiger partial charge is 0.251 e. The van der Waals surface area contributed by atoms with Gasteiger partial charge in [0, 0.05) is 62.9 Å². The van der Waals surface area contributed by atoms with E-state index in [2.05, 4.69) is 32.0 Å². The molecular formula is C31H28BrClF2N4O4. The Balaban J connectivity index is 0.00000118. The monoisotopic (exact) mass is 672 g/mol. The van der Waals surface area contributed by atoms with Crippen LogP contribution >= 0.6 is 27.5 Å². The maximum atomic E-state index is 15.0. The van der Waals surface area contributed by atoms with E-state index in [0.717, 1.165) is 40.0 Å². The molecule has 2 amide bonds. The molecule has 1 aliphatic heterocycles. The maximum absolute atomic E-state index is 15.0. The van der Waals surface area contributed by atoms with Gasteiger partial charge in [-0.25, -0.2) is 13.8 Å². The van der Waals surface area contributed by atoms with Gasteiger partial charge in [-0.1, -0.05) is 18.5 Å². The fourth-order valence-electron chi connectivity index (χ4n) is 5.26. The highest BCUT2D eigenvalue weighted by molar-refractivity contribution is 9.10. The topological polar surface area (TPSA) is 116 Å². The van der Waals surface area contributed by atoms with Gasteiger partial charge in [-0.3, -0.25) is 14.6 Å². The molecule has 0 spiro atoms. The lowest BCUT2D eigenvalue weighted by Gasteiger charge is -2.20. The summed E-state index contributed by atoms with van der Waals surface area (Å²) >= 11 is 9.44. The highest BCUT2D eigenvalue weighted by Crippen LogP contribution is 2.47. The Morgan fingerprint density at radius 1 is 1.23 bits per heavy atom. The number of hydrogen-bond donors (Lipinski definition) is 2. The number of carbonyl (C=O) groups excluding carboxylic acids is 2. The van der Waals surface area contributed by atoms with E-state index >= 15 is 0 Å². The number of amides is 2. The van der Waals surface area contributed by atoms with Gasteiger partial charge in [-0.2, -0.15) is 0 Å². The van der Waals surface area contributed by atoms with Crippen molar-refractivity contribution < 1.29 is 27.8 Å². The first-order chi connectivity index (χ1) is 20.6. The second kappa shape index (κ2) is 12.8. The number of nitrogens with one attached hydrogen (secondary N) is 1. The first-order valence-electron chi connectivity index (χ1n) is 13.5. The number of nitrogens with two attached hydrogens (primary N) is 1. The molecule has 2 unspecified atom stereocenters. The minimum absolute atomic E-state index is 0.0712. The predicted octanol–water partition coefficient (Wildman–Crippen LogP) is 6.52. The Morgan fingerprint density at radius 2 is 1.98 bits per heavy atom. The van der Waals surface area contributed by atoms with Crippen LogP contribution in [0.25, 0.3) is 22.2 Å². The summed E-state index contributed by atoms with van der Waals surface area (Å²) in [5, 5.41) is 3.66. The summed E-state index contributed by atoms with van der Waals surface area (Å²) in [6.45, 7) is 2.80. The van der Waals surface area contributed by atoms with Gasteiger partial charge >= 0.3 is 0 Å². The van der Waals surface area contributed by atoms with Crippen molar-refractivity contribution in [1.29, 1.82) is 0 Å². The van der Waals surface area contributed by atoms with E-state index in [-0.39, 0.29) is 34.7 Å². The van der Waals surface area contributed by atoms with E-state index in [1.54, 1.807) is 25.4 Å². The molecular weight excluding hydrogens is 646 g/mol. The third-order valence-corrected chi connectivity index (χ3v) is 8.27. The van der Waals surface area contributed by atoms with Crippen LogP contribution in [0.3, 0.4) is 0 Å². The Hall–Kier alpha value is -3.83. The number of pyridine rings is 2. The van der Waals surface area contributed by atoms with Crippen LogP contribution < -0.4 is 20.5 Å². The van der Waals surface area contributed by atoms with Crippen LogP contribution in [0.5, 0.6) is 11.5 Å². The third kappa shape index (κ3) is 6.42. The highest BCUT2D eigenvalue weighted by Gasteiger charge is 2.36. The van der Waals surface area contributed by atoms with Gasteiger partial charge in [0.15, 0.2) is 0 Å². The molecule has 43 heavy (non-hydrogen) atoms. The number of fused-ring (bicyclic) bond motifs is 2. The molecule has 0 saturated heterocycles. The summed E-state index contributed by atoms with van der Waals surface area (Å²) < 4.78 is 41.1. The van der Waals surface area contributed by atoms with Crippen LogP contribution in [0.1, 0.15) is 53.2 Å². The molecule has 8 nitrogen and oxygen atoms in total. The molecule has 4 aromatic rings. The fourth-order valence-corrected chi connectivity index (χ4v) is 5.77. The normalized spacial score (nSPS) is 16.0. The van der Waals surface area contributed by atoms with E-state index in [0.29, 0.717) is 47.3 Å². The van der Waals surface area contributed by atoms with Gasteiger partial charge < -0.3 is 20.5 Å². The molecule has 2 aromatic heterocycles. The number of carbonyl (C=O) groups is 2. The fraction of sp³-hybridized carbons (Fsp3) is 0.290. The number of ether oxygens (including phenoxy) is 2. The van der Waals surface area contributed by atoms with Crippen LogP contribution in [0.15, 0.2) is 47.1 Å². The van der Waals surface area contributed by atoms with Crippen molar-refractivity contribution in [3.8, 4) is 22.8 Å². The number of aromatic nitrogens is 2. The minimum Gasteiger partial charge on any atom is -0.494 e. The molecule has 2 aliphatic rings. The first-order valence-corrected chi connectivity index (χ1v) is 14.7. The molecule has 0 radical (unpaired) electrons. The summed E-state index contributed by atoms with van der Waals surface area (Å²) in [6.07, 6.45) is 3.93. The quantitative estimate of drug-likeness (QED) is 0.171. The molecule has 1 saturated carbocycles. The number of halogens is 4. The predicted molar refractivity (Wildman–Crippen MR) is 163 cm³/mol. The van der Waals surface area contributed by atoms with Crippen molar-refractivity contribution in [2.24, 2.45) is 11.7 Å². The molecule has 6 rings (SSSR count). The average Bonchev–Trinajstić information content (AvgIpc) is 3.76. The summed E-state index contributed by atoms with van der Waals surface area (Å²) in [4.78, 5) is 31.2. The van der Waals surface area contributed by atoms with E-state index in [9.17, 15) is 13.6 Å². The number of hydrogen-bond acceptors (Lipinski definition) is 6. The second-order valence-corrected chi connectivity index (χ2v) is 11.8. The Kier molecular flexibility index (Phi) is 9.12. The van der Waals surface area contributed by atoms with Crippen molar-refractivity contribution in [1.82, 2.24) is 15.3 Å². The van der Waals surface area contributed by atoms with Crippen molar-refractivity contribution in [2.45, 2.75) is 31.6 Å². The molecule has 3 heterocycles.